The summed E-state index contributed by atoms with van der Waals surface area (Å²) in [6, 6.07) is 11.3. The third-order valence-electron chi connectivity index (χ3n) is 4.48. The topological polar surface area (TPSA) is 60.9 Å². The molecule has 30 heavy (non-hydrogen) atoms. The summed E-state index contributed by atoms with van der Waals surface area (Å²) in [5.41, 5.74) is 1.52. The lowest BCUT2D eigenvalue weighted by atomic mass is 10.2. The first-order chi connectivity index (χ1) is 14.4. The Balaban J connectivity index is 1.67. The van der Waals surface area contributed by atoms with E-state index in [2.05, 4.69) is 4.98 Å². The van der Waals surface area contributed by atoms with Crippen LogP contribution in [0.15, 0.2) is 42.5 Å². The molecule has 0 saturated carbocycles. The van der Waals surface area contributed by atoms with E-state index >= 15 is 0 Å². The quantitative estimate of drug-likeness (QED) is 0.529. The predicted molar refractivity (Wildman–Crippen MR) is 114 cm³/mol. The van der Waals surface area contributed by atoms with Crippen molar-refractivity contribution in [2.45, 2.75) is 6.92 Å². The Morgan fingerprint density at radius 3 is 2.47 bits per heavy atom. The van der Waals surface area contributed by atoms with Gasteiger partial charge in [0.1, 0.15) is 28.1 Å². The average Bonchev–Trinajstić information content (AvgIpc) is 3.15. The first-order valence-corrected chi connectivity index (χ1v) is 10.1. The zero-order chi connectivity index (χ0) is 21.7. The summed E-state index contributed by atoms with van der Waals surface area (Å²) >= 11 is 1.33. The molecule has 6 nitrogen and oxygen atoms in total. The molecule has 1 amide bonds. The largest absolute Gasteiger partial charge is 0.493 e. The van der Waals surface area contributed by atoms with Crippen molar-refractivity contribution in [3.05, 3.63) is 58.9 Å². The van der Waals surface area contributed by atoms with Crippen LogP contribution in [-0.2, 0) is 0 Å². The van der Waals surface area contributed by atoms with Crippen molar-refractivity contribution in [3.63, 3.8) is 0 Å². The summed E-state index contributed by atoms with van der Waals surface area (Å²) in [5.74, 6) is 1.35. The molecular formula is C22H23FN2O4S. The van der Waals surface area contributed by atoms with Crippen LogP contribution >= 0.6 is 11.3 Å². The predicted octanol–water partition coefficient (Wildman–Crippen LogP) is 4.43. The van der Waals surface area contributed by atoms with Crippen LogP contribution in [0.4, 0.5) is 4.39 Å². The number of carbonyl (C=O) groups excluding carboxylic acids is 1. The Hall–Kier alpha value is -3.13. The van der Waals surface area contributed by atoms with E-state index in [1.165, 1.54) is 23.5 Å². The second-order valence-corrected chi connectivity index (χ2v) is 7.53. The smallest absolute Gasteiger partial charge is 0.265 e. The Morgan fingerprint density at radius 2 is 1.80 bits per heavy atom. The highest BCUT2D eigenvalue weighted by Crippen LogP contribution is 2.35. The fourth-order valence-electron chi connectivity index (χ4n) is 2.79. The van der Waals surface area contributed by atoms with Gasteiger partial charge in [-0.25, -0.2) is 9.37 Å². The van der Waals surface area contributed by atoms with Crippen molar-refractivity contribution >= 4 is 17.2 Å². The van der Waals surface area contributed by atoms with E-state index in [1.807, 2.05) is 25.1 Å². The fourth-order valence-corrected chi connectivity index (χ4v) is 3.85. The second-order valence-electron chi connectivity index (χ2n) is 6.53. The number of hydrogen-bond acceptors (Lipinski definition) is 6. The normalized spacial score (nSPS) is 10.6. The lowest BCUT2D eigenvalue weighted by Crippen LogP contribution is -2.30. The van der Waals surface area contributed by atoms with Gasteiger partial charge >= 0.3 is 0 Å². The maximum absolute atomic E-state index is 12.9. The number of rotatable bonds is 8. The number of likely N-dealkylation sites (N-methyl/N-ethyl adjacent to an activating group) is 1. The number of ether oxygens (including phenoxy) is 3. The van der Waals surface area contributed by atoms with Crippen molar-refractivity contribution in [2.75, 3.05) is 34.4 Å². The summed E-state index contributed by atoms with van der Waals surface area (Å²) in [6.07, 6.45) is 0. The monoisotopic (exact) mass is 430 g/mol. The zero-order valence-electron chi connectivity index (χ0n) is 17.3. The molecule has 8 heteroatoms. The van der Waals surface area contributed by atoms with Crippen LogP contribution in [0.5, 0.6) is 17.2 Å². The number of carbonyl (C=O) groups is 1. The van der Waals surface area contributed by atoms with Crippen LogP contribution < -0.4 is 14.2 Å². The van der Waals surface area contributed by atoms with Crippen molar-refractivity contribution in [3.8, 4) is 27.8 Å². The number of aryl methyl sites for hydroxylation is 1. The first kappa shape index (κ1) is 21.6. The Kier molecular flexibility index (Phi) is 6.89. The molecule has 0 spiro atoms. The molecule has 158 valence electrons. The van der Waals surface area contributed by atoms with Crippen molar-refractivity contribution in [1.29, 1.82) is 0 Å². The van der Waals surface area contributed by atoms with E-state index < -0.39 is 0 Å². The van der Waals surface area contributed by atoms with Crippen LogP contribution in [0, 0.1) is 12.7 Å². The van der Waals surface area contributed by atoms with Gasteiger partial charge < -0.3 is 19.1 Å². The molecule has 0 aliphatic heterocycles. The standard InChI is InChI=1S/C22H23FN2O4S/c1-14-20(22(26)25(2)11-12-29-17-8-6-16(23)7-9-17)30-21(24-14)15-5-10-18(27-3)19(13-15)28-4/h5-10,13H,11-12H2,1-4H3. The molecule has 0 bridgehead atoms. The summed E-state index contributed by atoms with van der Waals surface area (Å²) in [6.45, 7) is 2.50. The first-order valence-electron chi connectivity index (χ1n) is 9.26. The van der Waals surface area contributed by atoms with Gasteiger partial charge in [-0.15, -0.1) is 11.3 Å². The van der Waals surface area contributed by atoms with Gasteiger partial charge in [-0.1, -0.05) is 0 Å². The summed E-state index contributed by atoms with van der Waals surface area (Å²) in [7, 11) is 4.87. The van der Waals surface area contributed by atoms with Crippen LogP contribution in [0.2, 0.25) is 0 Å². The van der Waals surface area contributed by atoms with E-state index in [9.17, 15) is 9.18 Å². The highest BCUT2D eigenvalue weighted by Gasteiger charge is 2.20. The van der Waals surface area contributed by atoms with Gasteiger partial charge in [-0.3, -0.25) is 4.79 Å². The van der Waals surface area contributed by atoms with E-state index in [-0.39, 0.29) is 11.7 Å². The van der Waals surface area contributed by atoms with Gasteiger partial charge in [0.15, 0.2) is 11.5 Å². The zero-order valence-corrected chi connectivity index (χ0v) is 18.1. The van der Waals surface area contributed by atoms with Gasteiger partial charge in [-0.2, -0.15) is 0 Å². The molecule has 0 aliphatic carbocycles. The summed E-state index contributed by atoms with van der Waals surface area (Å²) < 4.78 is 29.1. The molecular weight excluding hydrogens is 407 g/mol. The molecule has 1 heterocycles. The molecule has 0 fully saturated rings. The molecule has 3 aromatic rings. The maximum Gasteiger partial charge on any atom is 0.265 e. The Labute approximate surface area is 178 Å². The van der Waals surface area contributed by atoms with Gasteiger partial charge in [0.05, 0.1) is 26.5 Å². The lowest BCUT2D eigenvalue weighted by molar-refractivity contribution is 0.0777. The van der Waals surface area contributed by atoms with Gasteiger partial charge in [0.25, 0.3) is 5.91 Å². The molecule has 0 saturated heterocycles. The van der Waals surface area contributed by atoms with E-state index in [0.29, 0.717) is 41.0 Å². The number of methoxy groups -OCH3 is 2. The van der Waals surface area contributed by atoms with Crippen LogP contribution in [0.25, 0.3) is 10.6 Å². The molecule has 2 aromatic carbocycles. The van der Waals surface area contributed by atoms with Crippen molar-refractivity contribution in [1.82, 2.24) is 9.88 Å². The number of amides is 1. The third kappa shape index (κ3) is 4.88. The minimum Gasteiger partial charge on any atom is -0.493 e. The number of benzene rings is 2. The molecule has 0 atom stereocenters. The lowest BCUT2D eigenvalue weighted by Gasteiger charge is -2.17. The second kappa shape index (κ2) is 9.58. The number of aromatic nitrogens is 1. The average molecular weight is 431 g/mol. The fraction of sp³-hybridized carbons (Fsp3) is 0.273. The maximum atomic E-state index is 12.9. The van der Waals surface area contributed by atoms with Gasteiger partial charge in [0.2, 0.25) is 0 Å². The number of halogens is 1. The number of nitrogens with zero attached hydrogens (tertiary/aromatic N) is 2. The van der Waals surface area contributed by atoms with E-state index in [1.54, 1.807) is 38.3 Å². The van der Waals surface area contributed by atoms with Gasteiger partial charge in [0, 0.05) is 12.6 Å². The van der Waals surface area contributed by atoms with Crippen molar-refractivity contribution in [2.24, 2.45) is 0 Å². The van der Waals surface area contributed by atoms with Crippen molar-refractivity contribution < 1.29 is 23.4 Å². The molecule has 3 rings (SSSR count). The summed E-state index contributed by atoms with van der Waals surface area (Å²) in [4.78, 5) is 19.6. The molecule has 0 N–H and O–H groups in total. The molecule has 0 radical (unpaired) electrons. The molecule has 1 aromatic heterocycles. The Morgan fingerprint density at radius 1 is 1.10 bits per heavy atom. The Bertz CT molecular complexity index is 1020. The van der Waals surface area contributed by atoms with Crippen LogP contribution in [-0.4, -0.2) is 50.2 Å². The highest BCUT2D eigenvalue weighted by atomic mass is 32.1. The summed E-state index contributed by atoms with van der Waals surface area (Å²) in [5, 5.41) is 0.729. The van der Waals surface area contributed by atoms with E-state index in [4.69, 9.17) is 14.2 Å². The van der Waals surface area contributed by atoms with Crippen LogP contribution in [0.3, 0.4) is 0 Å². The minimum atomic E-state index is -0.319. The minimum absolute atomic E-state index is 0.126. The molecule has 0 aliphatic rings. The third-order valence-corrected chi connectivity index (χ3v) is 5.67. The van der Waals surface area contributed by atoms with E-state index in [0.717, 1.165) is 10.6 Å². The van der Waals surface area contributed by atoms with Gasteiger partial charge in [-0.05, 0) is 49.4 Å². The number of thiazole rings is 1. The SMILES string of the molecule is COc1ccc(-c2nc(C)c(C(=O)N(C)CCOc3ccc(F)cc3)s2)cc1OC. The highest BCUT2D eigenvalue weighted by molar-refractivity contribution is 7.17. The molecule has 0 unspecified atom stereocenters. The van der Waals surface area contributed by atoms with Crippen LogP contribution in [0.1, 0.15) is 15.4 Å². The number of hydrogen-bond donors (Lipinski definition) is 0.